The maximum absolute atomic E-state index is 12.5. The third kappa shape index (κ3) is 4.40. The zero-order valence-electron chi connectivity index (χ0n) is 16.6. The molecule has 0 bridgehead atoms. The van der Waals surface area contributed by atoms with Crippen LogP contribution in [0.15, 0.2) is 67.0 Å². The predicted molar refractivity (Wildman–Crippen MR) is 114 cm³/mol. The van der Waals surface area contributed by atoms with Gasteiger partial charge in [0.25, 0.3) is 5.91 Å². The molecule has 0 radical (unpaired) electrons. The summed E-state index contributed by atoms with van der Waals surface area (Å²) in [6.07, 6.45) is 5.67. The van der Waals surface area contributed by atoms with Crippen molar-refractivity contribution < 1.29 is 9.53 Å². The van der Waals surface area contributed by atoms with Crippen molar-refractivity contribution in [3.8, 4) is 11.5 Å². The van der Waals surface area contributed by atoms with Crippen LogP contribution < -0.4 is 10.1 Å². The van der Waals surface area contributed by atoms with Crippen LogP contribution in [0.25, 0.3) is 0 Å². The summed E-state index contributed by atoms with van der Waals surface area (Å²) < 4.78 is 6.01. The van der Waals surface area contributed by atoms with E-state index >= 15 is 0 Å². The second-order valence-electron chi connectivity index (χ2n) is 7.20. The van der Waals surface area contributed by atoms with E-state index in [0.29, 0.717) is 13.1 Å². The van der Waals surface area contributed by atoms with E-state index < -0.39 is 0 Å². The quantitative estimate of drug-likeness (QED) is 0.574. The first-order valence-corrected chi connectivity index (χ1v) is 10.1. The van der Waals surface area contributed by atoms with Gasteiger partial charge in [-0.2, -0.15) is 0 Å². The van der Waals surface area contributed by atoms with Gasteiger partial charge in [0.1, 0.15) is 11.5 Å². The Kier molecular flexibility index (Phi) is 5.75. The van der Waals surface area contributed by atoms with Crippen LogP contribution in [-0.2, 0) is 13.1 Å². The third-order valence-electron chi connectivity index (χ3n) is 5.08. The molecule has 2 aromatic carbocycles. The Labute approximate surface area is 171 Å². The number of hydrogen-bond acceptors (Lipinski definition) is 4. The molecule has 0 atom stereocenters. The maximum atomic E-state index is 12.5. The van der Waals surface area contributed by atoms with Crippen molar-refractivity contribution in [3.63, 3.8) is 0 Å². The number of nitrogens with one attached hydrogen (secondary N) is 1. The number of aromatic nitrogens is 1. The molecule has 1 amide bonds. The monoisotopic (exact) mass is 387 g/mol. The number of pyridine rings is 1. The normalized spacial score (nSPS) is 12.7. The van der Waals surface area contributed by atoms with E-state index in [1.165, 1.54) is 0 Å². The molecule has 3 aromatic rings. The van der Waals surface area contributed by atoms with Crippen LogP contribution in [0.1, 0.15) is 41.3 Å². The van der Waals surface area contributed by atoms with Gasteiger partial charge in [0.2, 0.25) is 0 Å². The first-order valence-electron chi connectivity index (χ1n) is 10.1. The van der Waals surface area contributed by atoms with Gasteiger partial charge in [-0.1, -0.05) is 31.5 Å². The summed E-state index contributed by atoms with van der Waals surface area (Å²) >= 11 is 0. The second-order valence-corrected chi connectivity index (χ2v) is 7.20. The molecule has 4 rings (SSSR count). The van der Waals surface area contributed by atoms with Crippen LogP contribution in [0.5, 0.6) is 11.5 Å². The topological polar surface area (TPSA) is 54.5 Å². The Morgan fingerprint density at radius 1 is 1.14 bits per heavy atom. The summed E-state index contributed by atoms with van der Waals surface area (Å²) in [4.78, 5) is 18.7. The van der Waals surface area contributed by atoms with E-state index in [1.54, 1.807) is 6.20 Å². The number of hydrogen-bond donors (Lipinski definition) is 1. The first-order chi connectivity index (χ1) is 14.2. The lowest BCUT2D eigenvalue weighted by Crippen LogP contribution is -2.24. The maximum Gasteiger partial charge on any atom is 0.254 e. The predicted octanol–water partition coefficient (Wildman–Crippen LogP) is 5.24. The number of benzene rings is 2. The Hall–Kier alpha value is -3.34. The number of unbranched alkanes of at least 4 members (excludes halogenated alkanes) is 1. The SMILES string of the molecule is CCCCN1Cc2cc(NCc3cnccc3Oc3ccccc3)ccc2C1=O. The third-order valence-corrected chi connectivity index (χ3v) is 5.08. The number of nitrogens with zero attached hydrogens (tertiary/aromatic N) is 2. The summed E-state index contributed by atoms with van der Waals surface area (Å²) in [5, 5.41) is 3.44. The molecule has 1 aromatic heterocycles. The van der Waals surface area contributed by atoms with E-state index in [2.05, 4.69) is 23.3 Å². The van der Waals surface area contributed by atoms with Gasteiger partial charge in [-0.15, -0.1) is 0 Å². The fraction of sp³-hybridized carbons (Fsp3) is 0.250. The van der Waals surface area contributed by atoms with Gasteiger partial charge in [0, 0.05) is 48.8 Å². The highest BCUT2D eigenvalue weighted by Crippen LogP contribution is 2.28. The minimum atomic E-state index is 0.144. The molecule has 5 nitrogen and oxygen atoms in total. The van der Waals surface area contributed by atoms with Crippen LogP contribution in [0.4, 0.5) is 5.69 Å². The molecule has 0 saturated carbocycles. The van der Waals surface area contributed by atoms with Gasteiger partial charge in [0.15, 0.2) is 0 Å². The number of fused-ring (bicyclic) bond motifs is 1. The van der Waals surface area contributed by atoms with Crippen molar-refractivity contribution in [3.05, 3.63) is 83.7 Å². The molecule has 0 fully saturated rings. The van der Waals surface area contributed by atoms with Crippen LogP contribution in [-0.4, -0.2) is 22.3 Å². The molecule has 5 heteroatoms. The van der Waals surface area contributed by atoms with Crippen LogP contribution in [0, 0.1) is 0 Å². The highest BCUT2D eigenvalue weighted by molar-refractivity contribution is 5.98. The van der Waals surface area contributed by atoms with Crippen LogP contribution >= 0.6 is 0 Å². The van der Waals surface area contributed by atoms with Crippen molar-refractivity contribution in [2.45, 2.75) is 32.9 Å². The highest BCUT2D eigenvalue weighted by atomic mass is 16.5. The molecule has 1 aliphatic heterocycles. The largest absolute Gasteiger partial charge is 0.457 e. The van der Waals surface area contributed by atoms with Crippen molar-refractivity contribution >= 4 is 11.6 Å². The Morgan fingerprint density at radius 3 is 2.83 bits per heavy atom. The van der Waals surface area contributed by atoms with Gasteiger partial charge in [-0.3, -0.25) is 9.78 Å². The summed E-state index contributed by atoms with van der Waals surface area (Å²) in [6.45, 7) is 4.24. The zero-order chi connectivity index (χ0) is 20.1. The van der Waals surface area contributed by atoms with Gasteiger partial charge in [-0.05, 0) is 48.4 Å². The van der Waals surface area contributed by atoms with Crippen LogP contribution in [0.2, 0.25) is 0 Å². The van der Waals surface area contributed by atoms with Gasteiger partial charge < -0.3 is 15.0 Å². The number of rotatable bonds is 8. The lowest BCUT2D eigenvalue weighted by molar-refractivity contribution is 0.0776. The van der Waals surface area contributed by atoms with Crippen molar-refractivity contribution in [1.82, 2.24) is 9.88 Å². The molecule has 0 unspecified atom stereocenters. The van der Waals surface area contributed by atoms with Gasteiger partial charge in [0.05, 0.1) is 0 Å². The molecule has 0 aliphatic carbocycles. The van der Waals surface area contributed by atoms with Crippen molar-refractivity contribution in [2.24, 2.45) is 0 Å². The van der Waals surface area contributed by atoms with Gasteiger partial charge in [-0.25, -0.2) is 0 Å². The highest BCUT2D eigenvalue weighted by Gasteiger charge is 2.26. The molecule has 0 saturated heterocycles. The lowest BCUT2D eigenvalue weighted by Gasteiger charge is -2.14. The minimum Gasteiger partial charge on any atom is -0.457 e. The minimum absolute atomic E-state index is 0.144. The fourth-order valence-corrected chi connectivity index (χ4v) is 3.48. The van der Waals surface area contributed by atoms with E-state index in [-0.39, 0.29) is 5.91 Å². The Balaban J connectivity index is 1.44. The first kappa shape index (κ1) is 19.0. The summed E-state index contributed by atoms with van der Waals surface area (Å²) in [5.41, 5.74) is 3.87. The lowest BCUT2D eigenvalue weighted by atomic mass is 10.1. The molecular formula is C24H25N3O2. The number of anilines is 1. The van der Waals surface area contributed by atoms with E-state index in [4.69, 9.17) is 4.74 Å². The molecule has 2 heterocycles. The van der Waals surface area contributed by atoms with E-state index in [1.807, 2.05) is 59.6 Å². The molecule has 29 heavy (non-hydrogen) atoms. The summed E-state index contributed by atoms with van der Waals surface area (Å²) in [6, 6.07) is 17.6. The Morgan fingerprint density at radius 2 is 2.00 bits per heavy atom. The summed E-state index contributed by atoms with van der Waals surface area (Å²) in [5.74, 6) is 1.72. The van der Waals surface area contributed by atoms with E-state index in [9.17, 15) is 4.79 Å². The number of carbonyl (C=O) groups is 1. The average molecular weight is 387 g/mol. The molecular weight excluding hydrogens is 362 g/mol. The molecule has 0 spiro atoms. The standard InChI is InChI=1S/C24H25N3O2/c1-2-3-13-27-17-18-14-20(9-10-22(18)24(27)28)26-16-19-15-25-12-11-23(19)29-21-7-5-4-6-8-21/h4-12,14-15,26H,2-3,13,16-17H2,1H3. The van der Waals surface area contributed by atoms with E-state index in [0.717, 1.165) is 53.3 Å². The molecule has 148 valence electrons. The van der Waals surface area contributed by atoms with Crippen molar-refractivity contribution in [1.29, 1.82) is 0 Å². The number of amides is 1. The molecule has 1 N–H and O–H groups in total. The number of ether oxygens (including phenoxy) is 1. The van der Waals surface area contributed by atoms with Gasteiger partial charge >= 0.3 is 0 Å². The second kappa shape index (κ2) is 8.78. The smallest absolute Gasteiger partial charge is 0.254 e. The fourth-order valence-electron chi connectivity index (χ4n) is 3.48. The Bertz CT molecular complexity index is 988. The van der Waals surface area contributed by atoms with Crippen LogP contribution in [0.3, 0.4) is 0 Å². The average Bonchev–Trinajstić information content (AvgIpc) is 3.07. The summed E-state index contributed by atoms with van der Waals surface area (Å²) in [7, 11) is 0. The number of para-hydroxylation sites is 1. The van der Waals surface area contributed by atoms with Crippen molar-refractivity contribution in [2.75, 3.05) is 11.9 Å². The number of carbonyl (C=O) groups excluding carboxylic acids is 1. The molecule has 1 aliphatic rings. The zero-order valence-corrected chi connectivity index (χ0v) is 16.6.